The smallest absolute Gasteiger partial charge is 0.416 e. The second-order valence-corrected chi connectivity index (χ2v) is 6.72. The van der Waals surface area contributed by atoms with Gasteiger partial charge in [0.05, 0.1) is 5.56 Å². The third kappa shape index (κ3) is 4.62. The monoisotopic (exact) mass is 393 g/mol. The molecule has 0 aromatic heterocycles. The number of hydrogen-bond donors (Lipinski definition) is 2. The van der Waals surface area contributed by atoms with E-state index in [9.17, 15) is 22.8 Å². The lowest BCUT2D eigenvalue weighted by Crippen LogP contribution is -2.15. The minimum absolute atomic E-state index is 0.0965. The molecule has 2 atom stereocenters. The lowest BCUT2D eigenvalue weighted by atomic mass is 10.1. The van der Waals surface area contributed by atoms with Crippen molar-refractivity contribution >= 4 is 17.6 Å². The van der Waals surface area contributed by atoms with Crippen molar-refractivity contribution in [2.24, 2.45) is 5.92 Å². The number of ether oxygens (including phenoxy) is 1. The molecule has 0 heterocycles. The number of alkyl halides is 3. The van der Waals surface area contributed by atoms with Gasteiger partial charge in [0.15, 0.2) is 6.61 Å². The van der Waals surface area contributed by atoms with Crippen LogP contribution in [0.4, 0.5) is 18.9 Å². The maximum Gasteiger partial charge on any atom is 0.416 e. The van der Waals surface area contributed by atoms with E-state index in [0.29, 0.717) is 29.0 Å². The number of carbonyl (C=O) groups is 2. The van der Waals surface area contributed by atoms with Gasteiger partial charge in [-0.3, -0.25) is 4.79 Å². The first-order chi connectivity index (χ1) is 13.1. The average molecular weight is 393 g/mol. The summed E-state index contributed by atoms with van der Waals surface area (Å²) in [6.45, 7) is 1.30. The highest BCUT2D eigenvalue weighted by atomic mass is 19.4. The molecule has 1 amide bonds. The Labute approximate surface area is 159 Å². The van der Waals surface area contributed by atoms with Crippen molar-refractivity contribution in [1.82, 2.24) is 0 Å². The van der Waals surface area contributed by atoms with Crippen LogP contribution in [0.3, 0.4) is 0 Å². The number of aryl methyl sites for hydroxylation is 1. The van der Waals surface area contributed by atoms with E-state index in [2.05, 4.69) is 5.32 Å². The van der Waals surface area contributed by atoms with Crippen LogP contribution in [-0.2, 0) is 15.8 Å². The van der Waals surface area contributed by atoms with Gasteiger partial charge in [0.1, 0.15) is 5.75 Å². The van der Waals surface area contributed by atoms with E-state index in [0.717, 1.165) is 12.1 Å². The van der Waals surface area contributed by atoms with Crippen LogP contribution in [0, 0.1) is 12.8 Å². The number of aliphatic carboxylic acids is 1. The summed E-state index contributed by atoms with van der Waals surface area (Å²) in [5, 5.41) is 11.4. The lowest BCUT2D eigenvalue weighted by Gasteiger charge is -2.11. The highest BCUT2D eigenvalue weighted by Crippen LogP contribution is 2.48. The first-order valence-corrected chi connectivity index (χ1v) is 8.58. The number of rotatable bonds is 6. The molecule has 3 rings (SSSR count). The van der Waals surface area contributed by atoms with Crippen molar-refractivity contribution in [3.05, 3.63) is 59.2 Å². The number of carbonyl (C=O) groups excluding carboxylic acids is 1. The molecule has 2 aromatic carbocycles. The topological polar surface area (TPSA) is 75.6 Å². The molecule has 2 unspecified atom stereocenters. The number of anilines is 1. The Balaban J connectivity index is 1.60. The van der Waals surface area contributed by atoms with Crippen LogP contribution in [0.2, 0.25) is 0 Å². The third-order valence-corrected chi connectivity index (χ3v) is 4.61. The molecule has 28 heavy (non-hydrogen) atoms. The van der Waals surface area contributed by atoms with Gasteiger partial charge in [0.25, 0.3) is 0 Å². The summed E-state index contributed by atoms with van der Waals surface area (Å²) in [7, 11) is 0. The summed E-state index contributed by atoms with van der Waals surface area (Å²) in [6.07, 6.45) is -3.80. The van der Waals surface area contributed by atoms with Crippen molar-refractivity contribution in [2.75, 3.05) is 11.9 Å². The molecule has 0 bridgehead atoms. The second-order valence-electron chi connectivity index (χ2n) is 6.72. The van der Waals surface area contributed by atoms with Gasteiger partial charge in [-0.1, -0.05) is 12.1 Å². The molecule has 0 aliphatic heterocycles. The lowest BCUT2D eigenvalue weighted by molar-refractivity contribution is -0.139. The number of halogens is 3. The van der Waals surface area contributed by atoms with Gasteiger partial charge in [-0.2, -0.15) is 13.2 Å². The van der Waals surface area contributed by atoms with Crippen LogP contribution < -0.4 is 10.1 Å². The quantitative estimate of drug-likeness (QED) is 0.771. The van der Waals surface area contributed by atoms with Crippen LogP contribution in [0.25, 0.3) is 0 Å². The van der Waals surface area contributed by atoms with E-state index >= 15 is 0 Å². The summed E-state index contributed by atoms with van der Waals surface area (Å²) in [4.78, 5) is 23.0. The molecule has 2 aromatic rings. The molecule has 2 N–H and O–H groups in total. The normalized spacial score (nSPS) is 18.4. The van der Waals surface area contributed by atoms with Crippen LogP contribution in [-0.4, -0.2) is 23.6 Å². The van der Waals surface area contributed by atoms with Crippen molar-refractivity contribution in [3.63, 3.8) is 0 Å². The Morgan fingerprint density at radius 1 is 1.18 bits per heavy atom. The van der Waals surface area contributed by atoms with E-state index in [-0.39, 0.29) is 17.7 Å². The minimum Gasteiger partial charge on any atom is -0.482 e. The summed E-state index contributed by atoms with van der Waals surface area (Å²) in [5.41, 5.74) is 1.29. The Kier molecular flexibility index (Phi) is 5.31. The zero-order valence-corrected chi connectivity index (χ0v) is 14.9. The largest absolute Gasteiger partial charge is 0.482 e. The average Bonchev–Trinajstić information content (AvgIpc) is 3.42. The molecule has 1 fully saturated rings. The van der Waals surface area contributed by atoms with E-state index in [1.165, 1.54) is 12.1 Å². The van der Waals surface area contributed by atoms with Crippen LogP contribution >= 0.6 is 0 Å². The van der Waals surface area contributed by atoms with Crippen LogP contribution in [0.1, 0.15) is 29.0 Å². The number of hydrogen-bond acceptors (Lipinski definition) is 3. The predicted octanol–water partition coefficient (Wildman–Crippen LogP) is 4.22. The molecule has 1 aliphatic carbocycles. The molecule has 0 spiro atoms. The summed E-state index contributed by atoms with van der Waals surface area (Å²) < 4.78 is 43.0. The standard InChI is InChI=1S/C20H18F3NO4/c1-11-8-14(28-10-18(25)26)6-7-17(11)24-19(27)16-9-15(16)12-2-4-13(5-3-12)20(21,22)23/h2-8,15-16H,9-10H2,1H3,(H,24,27)(H,25,26). The number of amides is 1. The van der Waals surface area contributed by atoms with E-state index in [1.807, 2.05) is 0 Å². The first kappa shape index (κ1) is 19.7. The third-order valence-electron chi connectivity index (χ3n) is 4.61. The Bertz CT molecular complexity index is 893. The van der Waals surface area contributed by atoms with Gasteiger partial charge in [-0.05, 0) is 60.7 Å². The molecular weight excluding hydrogens is 375 g/mol. The summed E-state index contributed by atoms with van der Waals surface area (Å²) >= 11 is 0. The molecule has 8 heteroatoms. The van der Waals surface area contributed by atoms with Gasteiger partial charge >= 0.3 is 12.1 Å². The van der Waals surface area contributed by atoms with Crippen molar-refractivity contribution in [2.45, 2.75) is 25.4 Å². The Hall–Kier alpha value is -3.03. The Morgan fingerprint density at radius 2 is 1.86 bits per heavy atom. The zero-order valence-electron chi connectivity index (χ0n) is 14.9. The number of carboxylic acid groups (broad SMARTS) is 1. The van der Waals surface area contributed by atoms with E-state index in [1.54, 1.807) is 25.1 Å². The van der Waals surface area contributed by atoms with Gasteiger partial charge in [-0.15, -0.1) is 0 Å². The number of nitrogens with one attached hydrogen (secondary N) is 1. The fraction of sp³-hybridized carbons (Fsp3) is 0.300. The molecule has 1 aliphatic rings. The van der Waals surface area contributed by atoms with Crippen molar-refractivity contribution < 1.29 is 32.6 Å². The van der Waals surface area contributed by atoms with Crippen molar-refractivity contribution in [3.8, 4) is 5.75 Å². The SMILES string of the molecule is Cc1cc(OCC(=O)O)ccc1NC(=O)C1CC1c1ccc(C(F)(F)F)cc1. The molecule has 148 valence electrons. The number of benzene rings is 2. The second kappa shape index (κ2) is 7.53. The van der Waals surface area contributed by atoms with Gasteiger partial charge in [0, 0.05) is 11.6 Å². The maximum absolute atomic E-state index is 12.6. The maximum atomic E-state index is 12.6. The highest BCUT2D eigenvalue weighted by Gasteiger charge is 2.44. The molecule has 5 nitrogen and oxygen atoms in total. The van der Waals surface area contributed by atoms with Crippen molar-refractivity contribution in [1.29, 1.82) is 0 Å². The Morgan fingerprint density at radius 3 is 2.43 bits per heavy atom. The highest BCUT2D eigenvalue weighted by molar-refractivity contribution is 5.95. The fourth-order valence-electron chi connectivity index (χ4n) is 3.01. The number of carboxylic acids is 1. The predicted molar refractivity (Wildman–Crippen MR) is 95.2 cm³/mol. The minimum atomic E-state index is -4.38. The summed E-state index contributed by atoms with van der Waals surface area (Å²) in [6, 6.07) is 9.71. The molecule has 1 saturated carbocycles. The summed E-state index contributed by atoms with van der Waals surface area (Å²) in [5.74, 6) is -1.29. The van der Waals surface area contributed by atoms with Gasteiger partial charge in [0.2, 0.25) is 5.91 Å². The van der Waals surface area contributed by atoms with E-state index in [4.69, 9.17) is 9.84 Å². The van der Waals surface area contributed by atoms with Gasteiger partial charge in [-0.25, -0.2) is 4.79 Å². The molecular formula is C20H18F3NO4. The molecule has 0 radical (unpaired) electrons. The van der Waals surface area contributed by atoms with Gasteiger partial charge < -0.3 is 15.2 Å². The fourth-order valence-corrected chi connectivity index (χ4v) is 3.01. The first-order valence-electron chi connectivity index (χ1n) is 8.58. The van der Waals surface area contributed by atoms with E-state index < -0.39 is 24.3 Å². The molecule has 0 saturated heterocycles. The van der Waals surface area contributed by atoms with Crippen LogP contribution in [0.15, 0.2) is 42.5 Å². The van der Waals surface area contributed by atoms with Crippen LogP contribution in [0.5, 0.6) is 5.75 Å². The zero-order chi connectivity index (χ0) is 20.5.